The van der Waals surface area contributed by atoms with E-state index in [9.17, 15) is 4.79 Å². The molecule has 1 aromatic rings. The largest absolute Gasteiger partial charge is 0.395 e. The van der Waals surface area contributed by atoms with Crippen molar-refractivity contribution in [3.8, 4) is 11.8 Å². The highest BCUT2D eigenvalue weighted by Gasteiger charge is 2.22. The van der Waals surface area contributed by atoms with Gasteiger partial charge in [-0.15, -0.1) is 11.3 Å². The van der Waals surface area contributed by atoms with Gasteiger partial charge in [-0.2, -0.15) is 0 Å². The van der Waals surface area contributed by atoms with E-state index in [2.05, 4.69) is 24.1 Å². The van der Waals surface area contributed by atoms with Gasteiger partial charge >= 0.3 is 0 Å². The van der Waals surface area contributed by atoms with Gasteiger partial charge in [-0.3, -0.25) is 4.79 Å². The third kappa shape index (κ3) is 4.59. The molecule has 1 unspecified atom stereocenters. The fourth-order valence-corrected chi connectivity index (χ4v) is 3.57. The molecule has 0 bridgehead atoms. The van der Waals surface area contributed by atoms with Crippen LogP contribution in [-0.4, -0.2) is 23.7 Å². The second-order valence-electron chi connectivity index (χ2n) is 5.60. The Kier molecular flexibility index (Phi) is 6.28. The molecule has 2 rings (SSSR count). The average Bonchev–Trinajstić information content (AvgIpc) is 2.97. The molecule has 0 aliphatic heterocycles. The summed E-state index contributed by atoms with van der Waals surface area (Å²) < 4.78 is 0. The van der Waals surface area contributed by atoms with E-state index in [1.165, 1.54) is 43.4 Å². The molecule has 1 atom stereocenters. The molecule has 0 radical (unpaired) electrons. The molecule has 1 amide bonds. The van der Waals surface area contributed by atoms with Crippen LogP contribution in [0.2, 0.25) is 0 Å². The zero-order valence-electron chi connectivity index (χ0n) is 12.5. The molecular formula is C17H23NO2S. The summed E-state index contributed by atoms with van der Waals surface area (Å²) in [5.41, 5.74) is 0.766. The van der Waals surface area contributed by atoms with Crippen molar-refractivity contribution >= 4 is 17.2 Å². The van der Waals surface area contributed by atoms with Crippen LogP contribution in [0.1, 0.15) is 60.7 Å². The van der Waals surface area contributed by atoms with Crippen LogP contribution in [0.25, 0.3) is 0 Å². The van der Waals surface area contributed by atoms with Crippen LogP contribution >= 0.6 is 11.3 Å². The fraction of sp³-hybridized carbons (Fsp3) is 0.588. The van der Waals surface area contributed by atoms with Gasteiger partial charge in [0.1, 0.15) is 4.88 Å². The van der Waals surface area contributed by atoms with E-state index in [4.69, 9.17) is 5.11 Å². The Hall–Kier alpha value is -1.31. The van der Waals surface area contributed by atoms with E-state index in [0.29, 0.717) is 17.2 Å². The molecule has 1 aliphatic rings. The zero-order chi connectivity index (χ0) is 15.1. The monoisotopic (exact) mass is 305 g/mol. The van der Waals surface area contributed by atoms with Crippen LogP contribution in [0.4, 0.5) is 0 Å². The Bertz CT molecular complexity index is 520. The smallest absolute Gasteiger partial charge is 0.262 e. The predicted molar refractivity (Wildman–Crippen MR) is 86.4 cm³/mol. The summed E-state index contributed by atoms with van der Waals surface area (Å²) in [5.74, 6) is 6.43. The molecular weight excluding hydrogens is 282 g/mol. The van der Waals surface area contributed by atoms with Crippen molar-refractivity contribution < 1.29 is 9.90 Å². The van der Waals surface area contributed by atoms with Crippen LogP contribution < -0.4 is 5.32 Å². The topological polar surface area (TPSA) is 49.3 Å². The molecule has 1 heterocycles. The first kappa shape index (κ1) is 16.1. The van der Waals surface area contributed by atoms with Gasteiger partial charge in [0.2, 0.25) is 0 Å². The van der Waals surface area contributed by atoms with Crippen molar-refractivity contribution in [3.05, 3.63) is 21.9 Å². The number of hydrogen-bond acceptors (Lipinski definition) is 3. The number of aliphatic hydroxyl groups is 1. The third-order valence-corrected chi connectivity index (χ3v) is 4.96. The van der Waals surface area contributed by atoms with E-state index >= 15 is 0 Å². The standard InChI is InChI=1S/C17H23NO2S/c1-13(14-7-3-2-4-8-14)18-17(20)16-15(10-12-21-16)9-5-6-11-19/h10,12-14,19H,2-4,6-8,11H2,1H3,(H,18,20). The first-order valence-corrected chi connectivity index (χ1v) is 8.58. The lowest BCUT2D eigenvalue weighted by Gasteiger charge is -2.28. The van der Waals surface area contributed by atoms with Gasteiger partial charge in [0, 0.05) is 18.0 Å². The molecule has 4 heteroatoms. The maximum Gasteiger partial charge on any atom is 0.262 e. The molecule has 0 saturated heterocycles. The minimum absolute atomic E-state index is 0.0172. The maximum absolute atomic E-state index is 12.4. The second-order valence-corrected chi connectivity index (χ2v) is 6.52. The minimum atomic E-state index is -0.0172. The summed E-state index contributed by atoms with van der Waals surface area (Å²) in [4.78, 5) is 13.1. The number of nitrogens with one attached hydrogen (secondary N) is 1. The van der Waals surface area contributed by atoms with Crippen molar-refractivity contribution in [2.45, 2.75) is 51.5 Å². The van der Waals surface area contributed by atoms with Crippen molar-refractivity contribution in [3.63, 3.8) is 0 Å². The van der Waals surface area contributed by atoms with Crippen molar-refractivity contribution in [1.82, 2.24) is 5.32 Å². The summed E-state index contributed by atoms with van der Waals surface area (Å²) in [7, 11) is 0. The summed E-state index contributed by atoms with van der Waals surface area (Å²) in [5, 5.41) is 13.8. The van der Waals surface area contributed by atoms with E-state index < -0.39 is 0 Å². The number of amides is 1. The van der Waals surface area contributed by atoms with Gasteiger partial charge in [-0.1, -0.05) is 31.1 Å². The van der Waals surface area contributed by atoms with Crippen LogP contribution in [0.3, 0.4) is 0 Å². The highest BCUT2D eigenvalue weighted by Crippen LogP contribution is 2.26. The predicted octanol–water partition coefficient (Wildman–Crippen LogP) is 3.18. The summed E-state index contributed by atoms with van der Waals surface area (Å²) in [6.45, 7) is 2.16. The van der Waals surface area contributed by atoms with Crippen LogP contribution in [0.15, 0.2) is 11.4 Å². The highest BCUT2D eigenvalue weighted by atomic mass is 32.1. The zero-order valence-corrected chi connectivity index (χ0v) is 13.3. The van der Waals surface area contributed by atoms with E-state index in [1.54, 1.807) is 0 Å². The van der Waals surface area contributed by atoms with Crippen LogP contribution in [-0.2, 0) is 0 Å². The van der Waals surface area contributed by atoms with Gasteiger partial charge in [-0.25, -0.2) is 0 Å². The normalized spacial score (nSPS) is 16.9. The quantitative estimate of drug-likeness (QED) is 0.839. The van der Waals surface area contributed by atoms with Gasteiger partial charge in [0.15, 0.2) is 0 Å². The van der Waals surface area contributed by atoms with E-state index in [1.807, 2.05) is 11.4 Å². The Morgan fingerprint density at radius 1 is 1.48 bits per heavy atom. The Morgan fingerprint density at radius 3 is 2.95 bits per heavy atom. The average molecular weight is 305 g/mol. The van der Waals surface area contributed by atoms with E-state index in [0.717, 1.165) is 5.56 Å². The van der Waals surface area contributed by atoms with E-state index in [-0.39, 0.29) is 18.6 Å². The SMILES string of the molecule is CC(NC(=O)c1sccc1C#CCCO)C1CCCCC1. The Morgan fingerprint density at radius 2 is 2.24 bits per heavy atom. The number of carbonyl (C=O) groups is 1. The third-order valence-electron chi connectivity index (χ3n) is 4.05. The van der Waals surface area contributed by atoms with Gasteiger partial charge in [0.05, 0.1) is 6.61 Å². The van der Waals surface area contributed by atoms with Crippen LogP contribution in [0.5, 0.6) is 0 Å². The molecule has 1 fully saturated rings. The van der Waals surface area contributed by atoms with Crippen molar-refractivity contribution in [1.29, 1.82) is 0 Å². The molecule has 2 N–H and O–H groups in total. The lowest BCUT2D eigenvalue weighted by atomic mass is 9.84. The van der Waals surface area contributed by atoms with Crippen molar-refractivity contribution in [2.24, 2.45) is 5.92 Å². The fourth-order valence-electron chi connectivity index (χ4n) is 2.82. The molecule has 3 nitrogen and oxygen atoms in total. The lowest BCUT2D eigenvalue weighted by Crippen LogP contribution is -2.38. The van der Waals surface area contributed by atoms with Gasteiger partial charge in [0.25, 0.3) is 5.91 Å². The minimum Gasteiger partial charge on any atom is -0.395 e. The molecule has 114 valence electrons. The summed E-state index contributed by atoms with van der Waals surface area (Å²) >= 11 is 1.43. The molecule has 21 heavy (non-hydrogen) atoms. The molecule has 1 aromatic heterocycles. The molecule has 0 spiro atoms. The first-order chi connectivity index (χ1) is 10.2. The summed E-state index contributed by atoms with van der Waals surface area (Å²) in [6.07, 6.45) is 6.76. The number of hydrogen-bond donors (Lipinski definition) is 2. The van der Waals surface area contributed by atoms with Crippen molar-refractivity contribution in [2.75, 3.05) is 6.61 Å². The van der Waals surface area contributed by atoms with Gasteiger partial charge in [-0.05, 0) is 37.1 Å². The number of carbonyl (C=O) groups excluding carboxylic acids is 1. The first-order valence-electron chi connectivity index (χ1n) is 7.70. The lowest BCUT2D eigenvalue weighted by molar-refractivity contribution is 0.0923. The molecule has 1 aliphatic carbocycles. The molecule has 0 aromatic carbocycles. The Balaban J connectivity index is 1.97. The number of rotatable bonds is 4. The number of aliphatic hydroxyl groups excluding tert-OH is 1. The maximum atomic E-state index is 12.4. The Labute approximate surface area is 130 Å². The van der Waals surface area contributed by atoms with Gasteiger partial charge < -0.3 is 10.4 Å². The number of thiophene rings is 1. The van der Waals surface area contributed by atoms with Crippen LogP contribution in [0, 0.1) is 17.8 Å². The highest BCUT2D eigenvalue weighted by molar-refractivity contribution is 7.12. The second kappa shape index (κ2) is 8.21. The molecule has 1 saturated carbocycles. The summed E-state index contributed by atoms with van der Waals surface area (Å²) in [6, 6.07) is 2.09.